The van der Waals surface area contributed by atoms with Crippen LogP contribution in [0.15, 0.2) is 53.4 Å². The first-order valence-corrected chi connectivity index (χ1v) is 10.9. The Morgan fingerprint density at radius 1 is 1.13 bits per heavy atom. The fourth-order valence-electron chi connectivity index (χ4n) is 2.87. The zero-order valence-corrected chi connectivity index (χ0v) is 18.7. The molecule has 1 aliphatic heterocycles. The molecule has 1 fully saturated rings. The highest BCUT2D eigenvalue weighted by molar-refractivity contribution is 8.18. The van der Waals surface area contributed by atoms with Crippen molar-refractivity contribution in [2.75, 3.05) is 13.1 Å². The Morgan fingerprint density at radius 2 is 1.84 bits per heavy atom. The van der Waals surface area contributed by atoms with Gasteiger partial charge in [0, 0.05) is 12.1 Å². The molecule has 0 atom stereocenters. The quantitative estimate of drug-likeness (QED) is 0.619. The van der Waals surface area contributed by atoms with E-state index in [1.165, 1.54) is 5.56 Å². The molecule has 1 saturated heterocycles. The first-order chi connectivity index (χ1) is 14.8. The molecule has 1 aliphatic rings. The molecule has 0 unspecified atom stereocenters. The summed E-state index contributed by atoms with van der Waals surface area (Å²) >= 11 is 0.831. The van der Waals surface area contributed by atoms with Gasteiger partial charge in [-0.25, -0.2) is 0 Å². The fraction of sp³-hybridized carbons (Fsp3) is 0.292. The summed E-state index contributed by atoms with van der Waals surface area (Å²) in [5, 5.41) is 2.28. The standard InChI is InChI=1S/C24H26N2O4S/c1-16(2)13-25-22(27)14-26-23(28)21(31-24(26)29)12-19-6-4-5-7-20(19)30-15-18-10-8-17(3)9-11-18/h4-12,16H,13-15H2,1-3H3,(H,25,27)/b21-12-. The number of thioether (sulfide) groups is 1. The van der Waals surface area contributed by atoms with E-state index < -0.39 is 11.1 Å². The molecule has 0 spiro atoms. The van der Waals surface area contributed by atoms with E-state index in [1.807, 2.05) is 69.3 Å². The molecule has 0 aliphatic carbocycles. The minimum atomic E-state index is -0.469. The Hall–Kier alpha value is -3.06. The van der Waals surface area contributed by atoms with Gasteiger partial charge in [-0.05, 0) is 42.3 Å². The molecular weight excluding hydrogens is 412 g/mol. The van der Waals surface area contributed by atoms with Crippen molar-refractivity contribution in [3.8, 4) is 5.75 Å². The van der Waals surface area contributed by atoms with E-state index >= 15 is 0 Å². The molecule has 3 rings (SSSR count). The van der Waals surface area contributed by atoms with Gasteiger partial charge in [-0.2, -0.15) is 0 Å². The summed E-state index contributed by atoms with van der Waals surface area (Å²) in [5.74, 6) is 0.0850. The molecular formula is C24H26N2O4S. The largest absolute Gasteiger partial charge is 0.488 e. The lowest BCUT2D eigenvalue weighted by molar-refractivity contribution is -0.129. The van der Waals surface area contributed by atoms with Crippen molar-refractivity contribution >= 4 is 34.9 Å². The van der Waals surface area contributed by atoms with Gasteiger partial charge in [-0.15, -0.1) is 0 Å². The van der Waals surface area contributed by atoms with Gasteiger partial charge < -0.3 is 10.1 Å². The molecule has 3 amide bonds. The Bertz CT molecular complexity index is 999. The van der Waals surface area contributed by atoms with Crippen LogP contribution >= 0.6 is 11.8 Å². The zero-order valence-electron chi connectivity index (χ0n) is 17.9. The van der Waals surface area contributed by atoms with Crippen molar-refractivity contribution < 1.29 is 19.1 Å². The number of carbonyl (C=O) groups is 3. The third kappa shape index (κ3) is 6.21. The topological polar surface area (TPSA) is 75.7 Å². The molecule has 162 valence electrons. The van der Waals surface area contributed by atoms with Crippen LogP contribution in [0.25, 0.3) is 6.08 Å². The van der Waals surface area contributed by atoms with Crippen LogP contribution in [-0.4, -0.2) is 35.0 Å². The van der Waals surface area contributed by atoms with Crippen LogP contribution in [-0.2, 0) is 16.2 Å². The molecule has 0 bridgehead atoms. The van der Waals surface area contributed by atoms with Gasteiger partial charge in [0.1, 0.15) is 18.9 Å². The smallest absolute Gasteiger partial charge is 0.294 e. The number of rotatable bonds is 8. The molecule has 6 nitrogen and oxygen atoms in total. The SMILES string of the molecule is Cc1ccc(COc2ccccc2/C=C2\SC(=O)N(CC(=O)NCC(C)C)C2=O)cc1. The van der Waals surface area contributed by atoms with E-state index in [0.29, 0.717) is 24.5 Å². The van der Waals surface area contributed by atoms with E-state index in [2.05, 4.69) is 5.32 Å². The highest BCUT2D eigenvalue weighted by Gasteiger charge is 2.36. The number of imide groups is 1. The number of amides is 3. The Morgan fingerprint density at radius 3 is 2.55 bits per heavy atom. The van der Waals surface area contributed by atoms with Crippen LogP contribution < -0.4 is 10.1 Å². The van der Waals surface area contributed by atoms with Gasteiger partial charge in [0.15, 0.2) is 0 Å². The van der Waals surface area contributed by atoms with Crippen molar-refractivity contribution in [1.82, 2.24) is 10.2 Å². The van der Waals surface area contributed by atoms with Gasteiger partial charge in [-0.3, -0.25) is 19.3 Å². The number of para-hydroxylation sites is 1. The number of carbonyl (C=O) groups excluding carboxylic acids is 3. The first-order valence-electron chi connectivity index (χ1n) is 10.1. The van der Waals surface area contributed by atoms with Gasteiger partial charge >= 0.3 is 0 Å². The van der Waals surface area contributed by atoms with Gasteiger partial charge in [-0.1, -0.05) is 61.9 Å². The number of nitrogens with one attached hydrogen (secondary N) is 1. The predicted molar refractivity (Wildman–Crippen MR) is 122 cm³/mol. The van der Waals surface area contributed by atoms with Crippen LogP contribution in [0.2, 0.25) is 0 Å². The molecule has 7 heteroatoms. The first kappa shape index (κ1) is 22.6. The Kier molecular flexibility index (Phi) is 7.52. The molecule has 2 aromatic carbocycles. The minimum absolute atomic E-state index is 0.271. The number of hydrogen-bond donors (Lipinski definition) is 1. The summed E-state index contributed by atoms with van der Waals surface area (Å²) in [6, 6.07) is 15.4. The molecule has 2 aromatic rings. The maximum atomic E-state index is 12.7. The number of ether oxygens (including phenoxy) is 1. The molecule has 1 heterocycles. The highest BCUT2D eigenvalue weighted by atomic mass is 32.2. The van der Waals surface area contributed by atoms with Crippen LogP contribution in [0.3, 0.4) is 0 Å². The van der Waals surface area contributed by atoms with E-state index in [-0.39, 0.29) is 23.3 Å². The van der Waals surface area contributed by atoms with Crippen LogP contribution in [0.5, 0.6) is 5.75 Å². The maximum absolute atomic E-state index is 12.7. The number of benzene rings is 2. The lowest BCUT2D eigenvalue weighted by Crippen LogP contribution is -2.40. The van der Waals surface area contributed by atoms with Gasteiger partial charge in [0.25, 0.3) is 11.1 Å². The second kappa shape index (κ2) is 10.3. The van der Waals surface area contributed by atoms with Crippen molar-refractivity contribution in [2.45, 2.75) is 27.4 Å². The normalized spacial score (nSPS) is 15.1. The third-order valence-electron chi connectivity index (χ3n) is 4.60. The summed E-state index contributed by atoms with van der Waals surface area (Å²) in [6.07, 6.45) is 1.64. The minimum Gasteiger partial charge on any atom is -0.488 e. The second-order valence-electron chi connectivity index (χ2n) is 7.78. The van der Waals surface area contributed by atoms with Crippen LogP contribution in [0, 0.1) is 12.8 Å². The highest BCUT2D eigenvalue weighted by Crippen LogP contribution is 2.34. The van der Waals surface area contributed by atoms with Crippen molar-refractivity contribution in [3.05, 3.63) is 70.1 Å². The van der Waals surface area contributed by atoms with Crippen molar-refractivity contribution in [3.63, 3.8) is 0 Å². The fourth-order valence-corrected chi connectivity index (χ4v) is 3.70. The Labute approximate surface area is 186 Å². The molecule has 0 aromatic heterocycles. The lowest BCUT2D eigenvalue weighted by Gasteiger charge is -2.13. The molecule has 1 N–H and O–H groups in total. The lowest BCUT2D eigenvalue weighted by atomic mass is 10.1. The Balaban J connectivity index is 1.70. The average Bonchev–Trinajstić information content (AvgIpc) is 3.00. The predicted octanol–water partition coefficient (Wildman–Crippen LogP) is 4.38. The average molecular weight is 439 g/mol. The van der Waals surface area contributed by atoms with Crippen LogP contribution in [0.1, 0.15) is 30.5 Å². The summed E-state index contributed by atoms with van der Waals surface area (Å²) in [5.41, 5.74) is 2.91. The number of nitrogens with zero attached hydrogens (tertiary/aromatic N) is 1. The maximum Gasteiger partial charge on any atom is 0.294 e. The van der Waals surface area contributed by atoms with Crippen molar-refractivity contribution in [2.24, 2.45) is 5.92 Å². The molecule has 0 radical (unpaired) electrons. The summed E-state index contributed by atoms with van der Waals surface area (Å²) < 4.78 is 5.95. The summed E-state index contributed by atoms with van der Waals surface area (Å²) in [4.78, 5) is 38.3. The van der Waals surface area contributed by atoms with Gasteiger partial charge in [0.05, 0.1) is 4.91 Å². The zero-order chi connectivity index (χ0) is 22.4. The molecule has 0 saturated carbocycles. The number of hydrogen-bond acceptors (Lipinski definition) is 5. The summed E-state index contributed by atoms with van der Waals surface area (Å²) in [7, 11) is 0. The van der Waals surface area contributed by atoms with Gasteiger partial charge in [0.2, 0.25) is 5.91 Å². The second-order valence-corrected chi connectivity index (χ2v) is 8.77. The van der Waals surface area contributed by atoms with E-state index in [9.17, 15) is 14.4 Å². The van der Waals surface area contributed by atoms with E-state index in [0.717, 1.165) is 22.2 Å². The summed E-state index contributed by atoms with van der Waals surface area (Å²) in [6.45, 7) is 6.59. The number of aryl methyl sites for hydroxylation is 1. The van der Waals surface area contributed by atoms with Crippen LogP contribution in [0.4, 0.5) is 4.79 Å². The molecule has 31 heavy (non-hydrogen) atoms. The third-order valence-corrected chi connectivity index (χ3v) is 5.51. The van der Waals surface area contributed by atoms with E-state index in [4.69, 9.17) is 4.74 Å². The monoisotopic (exact) mass is 438 g/mol. The van der Waals surface area contributed by atoms with Crippen molar-refractivity contribution in [1.29, 1.82) is 0 Å². The van der Waals surface area contributed by atoms with E-state index in [1.54, 1.807) is 6.08 Å².